The zero-order valence-electron chi connectivity index (χ0n) is 13.1. The van der Waals surface area contributed by atoms with E-state index in [1.807, 2.05) is 49.4 Å². The summed E-state index contributed by atoms with van der Waals surface area (Å²) in [6, 6.07) is 20.7. The first-order valence-electron chi connectivity index (χ1n) is 7.21. The number of rotatable bonds is 2. The van der Waals surface area contributed by atoms with Crippen LogP contribution in [0.3, 0.4) is 0 Å². The molecule has 0 aliphatic carbocycles. The minimum absolute atomic E-state index is 0.0103. The first-order chi connectivity index (χ1) is 11.6. The summed E-state index contributed by atoms with van der Waals surface area (Å²) >= 11 is 4.52. The fraction of sp³-hybridized carbons (Fsp3) is 0.0556. The number of nitrogens with two attached hydrogens (primary N) is 1. The Morgan fingerprint density at radius 1 is 1.08 bits per heavy atom. The van der Waals surface area contributed by atoms with Gasteiger partial charge >= 0.3 is 0 Å². The van der Waals surface area contributed by atoms with Crippen LogP contribution in [0, 0.1) is 6.92 Å². The van der Waals surface area contributed by atoms with Crippen LogP contribution in [0.2, 0.25) is 0 Å². The third kappa shape index (κ3) is 5.33. The molecule has 0 unspecified atom stereocenters. The van der Waals surface area contributed by atoms with Gasteiger partial charge in [-0.25, -0.2) is 0 Å². The van der Waals surface area contributed by atoms with E-state index in [2.05, 4.69) is 22.7 Å². The predicted octanol–water partition coefficient (Wildman–Crippen LogP) is 3.31. The Morgan fingerprint density at radius 3 is 2.17 bits per heavy atom. The average molecular weight is 339 g/mol. The van der Waals surface area contributed by atoms with E-state index in [4.69, 9.17) is 10.3 Å². The highest BCUT2D eigenvalue weighted by molar-refractivity contribution is 7.80. The number of aromatic nitrogens is 1. The number of hydrogen-bond acceptors (Lipinski definition) is 4. The van der Waals surface area contributed by atoms with Crippen molar-refractivity contribution >= 4 is 23.2 Å². The molecule has 24 heavy (non-hydrogen) atoms. The van der Waals surface area contributed by atoms with Crippen LogP contribution < -0.4 is 11.1 Å². The van der Waals surface area contributed by atoms with Crippen molar-refractivity contribution in [1.82, 2.24) is 10.5 Å². The fourth-order valence-electron chi connectivity index (χ4n) is 1.88. The molecule has 1 amide bonds. The summed E-state index contributed by atoms with van der Waals surface area (Å²) in [5.41, 5.74) is 7.67. The number of aryl methyl sites for hydroxylation is 1. The van der Waals surface area contributed by atoms with Gasteiger partial charge in [0.2, 0.25) is 0 Å². The Labute approximate surface area is 145 Å². The molecular weight excluding hydrogens is 322 g/mol. The quantitative estimate of drug-likeness (QED) is 0.700. The van der Waals surface area contributed by atoms with Crippen LogP contribution in [0.1, 0.15) is 16.1 Å². The number of carbonyl (C=O) groups is 1. The summed E-state index contributed by atoms with van der Waals surface area (Å²) in [6.07, 6.45) is 0. The summed E-state index contributed by atoms with van der Waals surface area (Å²) in [5.74, 6) is 0.567. The third-order valence-corrected chi connectivity index (χ3v) is 3.07. The van der Waals surface area contributed by atoms with Crippen molar-refractivity contribution in [3.8, 4) is 11.3 Å². The largest absolute Gasteiger partial charge is 0.376 e. The first-order valence-corrected chi connectivity index (χ1v) is 7.61. The van der Waals surface area contributed by atoms with Crippen LogP contribution in [-0.4, -0.2) is 16.2 Å². The predicted molar refractivity (Wildman–Crippen MR) is 97.4 cm³/mol. The second kappa shape index (κ2) is 8.59. The van der Waals surface area contributed by atoms with Gasteiger partial charge in [0.05, 0.1) is 0 Å². The van der Waals surface area contributed by atoms with Crippen LogP contribution in [0.5, 0.6) is 0 Å². The van der Waals surface area contributed by atoms with E-state index in [0.29, 0.717) is 5.56 Å². The molecule has 0 aliphatic rings. The molecule has 0 bridgehead atoms. The van der Waals surface area contributed by atoms with Gasteiger partial charge in [0.15, 0.2) is 5.11 Å². The minimum atomic E-state index is -0.275. The van der Waals surface area contributed by atoms with Gasteiger partial charge in [-0.2, -0.15) is 0 Å². The molecule has 0 fully saturated rings. The Kier molecular flexibility index (Phi) is 6.22. The number of hydrogen-bond donors (Lipinski definition) is 2. The molecular formula is C18H17N3O2S. The zero-order valence-corrected chi connectivity index (χ0v) is 13.9. The van der Waals surface area contributed by atoms with Crippen LogP contribution in [0.25, 0.3) is 11.3 Å². The standard InChI is InChI=1S/C10H9NO.C8H8N2OS/c1-8-7-10(11-12-8)9-5-3-2-4-6-9;9-8(12)10-7(11)6-4-2-1-3-5-6/h2-7H,1H3;1-5H,(H3,9,10,11,12). The molecule has 2 aromatic carbocycles. The zero-order chi connectivity index (χ0) is 17.4. The lowest BCUT2D eigenvalue weighted by Gasteiger charge is -2.00. The van der Waals surface area contributed by atoms with Crippen LogP contribution in [0.15, 0.2) is 71.3 Å². The lowest BCUT2D eigenvalue weighted by Crippen LogP contribution is -2.34. The molecule has 3 aromatic rings. The molecule has 122 valence electrons. The lowest BCUT2D eigenvalue weighted by molar-refractivity contribution is 0.0977. The average Bonchev–Trinajstić information content (AvgIpc) is 3.03. The molecule has 0 atom stereocenters. The third-order valence-electron chi connectivity index (χ3n) is 2.97. The van der Waals surface area contributed by atoms with E-state index in [-0.39, 0.29) is 11.0 Å². The Hall–Kier alpha value is -2.99. The maximum Gasteiger partial charge on any atom is 0.257 e. The van der Waals surface area contributed by atoms with Gasteiger partial charge in [0, 0.05) is 17.2 Å². The fourth-order valence-corrected chi connectivity index (χ4v) is 1.98. The molecule has 6 heteroatoms. The van der Waals surface area contributed by atoms with E-state index in [1.165, 1.54) is 0 Å². The van der Waals surface area contributed by atoms with Crippen molar-refractivity contribution in [2.75, 3.05) is 0 Å². The monoisotopic (exact) mass is 339 g/mol. The van der Waals surface area contributed by atoms with E-state index in [9.17, 15) is 4.79 Å². The van der Waals surface area contributed by atoms with Gasteiger partial charge in [-0.15, -0.1) is 0 Å². The Balaban J connectivity index is 0.000000174. The molecule has 3 N–H and O–H groups in total. The smallest absolute Gasteiger partial charge is 0.257 e. The van der Waals surface area contributed by atoms with Crippen molar-refractivity contribution in [3.05, 3.63) is 78.1 Å². The summed E-state index contributed by atoms with van der Waals surface area (Å²) in [4.78, 5) is 11.2. The minimum Gasteiger partial charge on any atom is -0.376 e. The van der Waals surface area contributed by atoms with Crippen molar-refractivity contribution in [1.29, 1.82) is 0 Å². The van der Waals surface area contributed by atoms with E-state index in [0.717, 1.165) is 17.0 Å². The molecule has 0 saturated carbocycles. The van der Waals surface area contributed by atoms with Gasteiger partial charge in [-0.3, -0.25) is 10.1 Å². The van der Waals surface area contributed by atoms with Gasteiger partial charge in [-0.05, 0) is 31.3 Å². The molecule has 5 nitrogen and oxygen atoms in total. The summed E-state index contributed by atoms with van der Waals surface area (Å²) in [7, 11) is 0. The molecule has 0 spiro atoms. The summed E-state index contributed by atoms with van der Waals surface area (Å²) < 4.78 is 4.97. The Morgan fingerprint density at radius 2 is 1.67 bits per heavy atom. The maximum absolute atomic E-state index is 11.2. The molecule has 0 radical (unpaired) electrons. The summed E-state index contributed by atoms with van der Waals surface area (Å²) in [5, 5.41) is 6.23. The molecule has 0 saturated heterocycles. The molecule has 0 aliphatic heterocycles. The second-order valence-corrected chi connectivity index (χ2v) is 5.31. The molecule has 1 heterocycles. The highest BCUT2D eigenvalue weighted by Gasteiger charge is 2.03. The SMILES string of the molecule is Cc1cc(-c2ccccc2)no1.NC(=S)NC(=O)c1ccccc1. The van der Waals surface area contributed by atoms with Crippen molar-refractivity contribution in [2.45, 2.75) is 6.92 Å². The molecule has 1 aromatic heterocycles. The number of benzene rings is 2. The molecule has 3 rings (SSSR count). The first kappa shape index (κ1) is 17.4. The number of nitrogens with zero attached hydrogens (tertiary/aromatic N) is 1. The van der Waals surface area contributed by atoms with E-state index < -0.39 is 0 Å². The highest BCUT2D eigenvalue weighted by Crippen LogP contribution is 2.17. The number of amides is 1. The van der Waals surface area contributed by atoms with Crippen LogP contribution in [0.4, 0.5) is 0 Å². The van der Waals surface area contributed by atoms with Crippen molar-refractivity contribution < 1.29 is 9.32 Å². The topological polar surface area (TPSA) is 81.2 Å². The number of nitrogens with one attached hydrogen (secondary N) is 1. The van der Waals surface area contributed by atoms with Crippen LogP contribution >= 0.6 is 12.2 Å². The van der Waals surface area contributed by atoms with Gasteiger partial charge in [-0.1, -0.05) is 53.7 Å². The van der Waals surface area contributed by atoms with E-state index >= 15 is 0 Å². The lowest BCUT2D eigenvalue weighted by atomic mass is 10.1. The van der Waals surface area contributed by atoms with Gasteiger partial charge < -0.3 is 10.3 Å². The van der Waals surface area contributed by atoms with Crippen LogP contribution in [-0.2, 0) is 0 Å². The Bertz CT molecular complexity index is 801. The van der Waals surface area contributed by atoms with Gasteiger partial charge in [0.1, 0.15) is 11.5 Å². The number of carbonyl (C=O) groups excluding carboxylic acids is 1. The van der Waals surface area contributed by atoms with E-state index in [1.54, 1.807) is 24.3 Å². The second-order valence-electron chi connectivity index (χ2n) is 4.87. The van der Waals surface area contributed by atoms with Gasteiger partial charge in [0.25, 0.3) is 5.91 Å². The highest BCUT2D eigenvalue weighted by atomic mass is 32.1. The van der Waals surface area contributed by atoms with Crippen molar-refractivity contribution in [2.24, 2.45) is 5.73 Å². The normalized spacial score (nSPS) is 9.54. The number of thiocarbonyl (C=S) groups is 1. The maximum atomic E-state index is 11.2. The summed E-state index contributed by atoms with van der Waals surface area (Å²) in [6.45, 7) is 1.89. The van der Waals surface area contributed by atoms with Crippen molar-refractivity contribution in [3.63, 3.8) is 0 Å².